The van der Waals surface area contributed by atoms with Gasteiger partial charge in [0.25, 0.3) is 0 Å². The minimum absolute atomic E-state index is 0.348. The van der Waals surface area contributed by atoms with Crippen molar-refractivity contribution < 1.29 is 0 Å². The van der Waals surface area contributed by atoms with Gasteiger partial charge in [-0.2, -0.15) is 0 Å². The van der Waals surface area contributed by atoms with E-state index in [0.717, 1.165) is 29.8 Å². The maximum absolute atomic E-state index is 4.76. The highest BCUT2D eigenvalue weighted by molar-refractivity contribution is 7.13. The van der Waals surface area contributed by atoms with Crippen molar-refractivity contribution in [2.75, 3.05) is 45.2 Å². The SMILES string of the molecule is CCNC(C)c1csc(N(C)CC2CCN(C)C2)n1. The van der Waals surface area contributed by atoms with E-state index in [1.807, 2.05) is 0 Å². The molecule has 2 unspecified atom stereocenters. The fraction of sp³-hybridized carbons (Fsp3) is 0.786. The summed E-state index contributed by atoms with van der Waals surface area (Å²) < 4.78 is 0. The summed E-state index contributed by atoms with van der Waals surface area (Å²) in [7, 11) is 4.37. The van der Waals surface area contributed by atoms with E-state index in [0.29, 0.717) is 6.04 Å². The first-order valence-corrected chi connectivity index (χ1v) is 8.06. The van der Waals surface area contributed by atoms with E-state index in [2.05, 4.69) is 48.4 Å². The maximum atomic E-state index is 4.76. The normalized spacial score (nSPS) is 21.8. The van der Waals surface area contributed by atoms with Crippen LogP contribution in [0.4, 0.5) is 5.13 Å². The molecule has 19 heavy (non-hydrogen) atoms. The van der Waals surface area contributed by atoms with Crippen molar-refractivity contribution >= 4 is 16.5 Å². The summed E-state index contributed by atoms with van der Waals surface area (Å²) in [4.78, 5) is 9.49. The van der Waals surface area contributed by atoms with Crippen molar-refractivity contribution in [2.45, 2.75) is 26.3 Å². The summed E-state index contributed by atoms with van der Waals surface area (Å²) >= 11 is 1.76. The molecule has 0 aliphatic carbocycles. The van der Waals surface area contributed by atoms with Crippen LogP contribution in [0.25, 0.3) is 0 Å². The number of hydrogen-bond acceptors (Lipinski definition) is 5. The highest BCUT2D eigenvalue weighted by atomic mass is 32.1. The van der Waals surface area contributed by atoms with Gasteiger partial charge < -0.3 is 15.1 Å². The average molecular weight is 282 g/mol. The van der Waals surface area contributed by atoms with E-state index in [-0.39, 0.29) is 0 Å². The molecule has 1 N–H and O–H groups in total. The number of nitrogens with zero attached hydrogens (tertiary/aromatic N) is 3. The molecule has 0 bridgehead atoms. The van der Waals surface area contributed by atoms with Crippen LogP contribution in [0.5, 0.6) is 0 Å². The zero-order valence-electron chi connectivity index (χ0n) is 12.5. The van der Waals surface area contributed by atoms with Crippen LogP contribution in [0.15, 0.2) is 5.38 Å². The highest BCUT2D eigenvalue weighted by Crippen LogP contribution is 2.25. The lowest BCUT2D eigenvalue weighted by atomic mass is 10.1. The van der Waals surface area contributed by atoms with Crippen molar-refractivity contribution in [1.82, 2.24) is 15.2 Å². The quantitative estimate of drug-likeness (QED) is 0.867. The second-order valence-corrected chi connectivity index (χ2v) is 6.47. The first-order valence-electron chi connectivity index (χ1n) is 7.18. The fourth-order valence-corrected chi connectivity index (χ4v) is 3.60. The summed E-state index contributed by atoms with van der Waals surface area (Å²) in [5.41, 5.74) is 1.16. The molecule has 1 aromatic rings. The summed E-state index contributed by atoms with van der Waals surface area (Å²) in [6.07, 6.45) is 1.31. The van der Waals surface area contributed by atoms with Crippen LogP contribution in [0.2, 0.25) is 0 Å². The molecule has 0 radical (unpaired) electrons. The molecule has 1 aromatic heterocycles. The van der Waals surface area contributed by atoms with E-state index >= 15 is 0 Å². The van der Waals surface area contributed by atoms with E-state index < -0.39 is 0 Å². The zero-order chi connectivity index (χ0) is 13.8. The van der Waals surface area contributed by atoms with Gasteiger partial charge in [-0.15, -0.1) is 11.3 Å². The summed E-state index contributed by atoms with van der Waals surface area (Å²) in [5.74, 6) is 0.786. The lowest BCUT2D eigenvalue weighted by Crippen LogP contribution is -2.27. The molecule has 2 heterocycles. The Hall–Kier alpha value is -0.650. The zero-order valence-corrected chi connectivity index (χ0v) is 13.3. The number of likely N-dealkylation sites (tertiary alicyclic amines) is 1. The van der Waals surface area contributed by atoms with Gasteiger partial charge in [0.15, 0.2) is 5.13 Å². The Morgan fingerprint density at radius 2 is 2.42 bits per heavy atom. The monoisotopic (exact) mass is 282 g/mol. The van der Waals surface area contributed by atoms with E-state index in [9.17, 15) is 0 Å². The second kappa shape index (κ2) is 6.68. The van der Waals surface area contributed by atoms with E-state index in [1.165, 1.54) is 19.5 Å². The first-order chi connectivity index (χ1) is 9.10. The van der Waals surface area contributed by atoms with Crippen molar-refractivity contribution in [1.29, 1.82) is 0 Å². The molecule has 0 saturated carbocycles. The summed E-state index contributed by atoms with van der Waals surface area (Å²) in [6.45, 7) is 8.86. The molecule has 2 atom stereocenters. The van der Waals surface area contributed by atoms with E-state index in [4.69, 9.17) is 4.98 Å². The number of thiazole rings is 1. The van der Waals surface area contributed by atoms with Gasteiger partial charge in [0.1, 0.15) is 0 Å². The average Bonchev–Trinajstić information content (AvgIpc) is 2.98. The lowest BCUT2D eigenvalue weighted by Gasteiger charge is -2.20. The predicted molar refractivity (Wildman–Crippen MR) is 83.1 cm³/mol. The molecule has 4 nitrogen and oxygen atoms in total. The smallest absolute Gasteiger partial charge is 0.185 e. The predicted octanol–water partition coefficient (Wildman–Crippen LogP) is 2.20. The van der Waals surface area contributed by atoms with Gasteiger partial charge in [-0.05, 0) is 39.4 Å². The van der Waals surface area contributed by atoms with Crippen molar-refractivity contribution in [3.63, 3.8) is 0 Å². The Morgan fingerprint density at radius 3 is 3.05 bits per heavy atom. The number of nitrogens with one attached hydrogen (secondary N) is 1. The minimum atomic E-state index is 0.348. The molecule has 1 fully saturated rings. The molecule has 1 aliphatic heterocycles. The molecule has 1 aliphatic rings. The molecule has 0 aromatic carbocycles. The van der Waals surface area contributed by atoms with Crippen LogP contribution in [0.3, 0.4) is 0 Å². The van der Waals surface area contributed by atoms with Crippen LogP contribution in [-0.2, 0) is 0 Å². The second-order valence-electron chi connectivity index (χ2n) is 5.63. The Kier molecular flexibility index (Phi) is 5.19. The first kappa shape index (κ1) is 14.8. The van der Waals surface area contributed by atoms with Crippen LogP contribution < -0.4 is 10.2 Å². The van der Waals surface area contributed by atoms with Gasteiger partial charge in [0.2, 0.25) is 0 Å². The van der Waals surface area contributed by atoms with Crippen LogP contribution in [0.1, 0.15) is 32.0 Å². The number of rotatable bonds is 6. The Bertz CT molecular complexity index is 393. The molecular formula is C14H26N4S. The lowest BCUT2D eigenvalue weighted by molar-refractivity contribution is 0.396. The minimum Gasteiger partial charge on any atom is -0.351 e. The topological polar surface area (TPSA) is 31.4 Å². The van der Waals surface area contributed by atoms with Crippen molar-refractivity contribution in [3.05, 3.63) is 11.1 Å². The van der Waals surface area contributed by atoms with Gasteiger partial charge in [-0.1, -0.05) is 6.92 Å². The molecule has 0 spiro atoms. The molecule has 1 saturated heterocycles. The molecule has 2 rings (SSSR count). The van der Waals surface area contributed by atoms with Crippen LogP contribution in [0, 0.1) is 5.92 Å². The van der Waals surface area contributed by atoms with Crippen molar-refractivity contribution in [3.8, 4) is 0 Å². The maximum Gasteiger partial charge on any atom is 0.185 e. The molecule has 108 valence electrons. The van der Waals surface area contributed by atoms with Gasteiger partial charge in [0, 0.05) is 31.6 Å². The van der Waals surface area contributed by atoms with Crippen LogP contribution >= 0.6 is 11.3 Å². The highest BCUT2D eigenvalue weighted by Gasteiger charge is 2.22. The number of anilines is 1. The summed E-state index contributed by atoms with van der Waals surface area (Å²) in [5, 5.41) is 6.74. The number of hydrogen-bond donors (Lipinski definition) is 1. The van der Waals surface area contributed by atoms with Gasteiger partial charge in [-0.3, -0.25) is 0 Å². The molecular weight excluding hydrogens is 256 g/mol. The largest absolute Gasteiger partial charge is 0.351 e. The number of aromatic nitrogens is 1. The fourth-order valence-electron chi connectivity index (χ4n) is 2.70. The third kappa shape index (κ3) is 3.91. The summed E-state index contributed by atoms with van der Waals surface area (Å²) in [6, 6.07) is 0.348. The van der Waals surface area contributed by atoms with Crippen molar-refractivity contribution in [2.24, 2.45) is 5.92 Å². The Morgan fingerprint density at radius 1 is 1.63 bits per heavy atom. The van der Waals surface area contributed by atoms with Gasteiger partial charge in [-0.25, -0.2) is 4.98 Å². The third-order valence-electron chi connectivity index (χ3n) is 3.81. The molecule has 5 heteroatoms. The van der Waals surface area contributed by atoms with E-state index in [1.54, 1.807) is 11.3 Å². The van der Waals surface area contributed by atoms with Crippen LogP contribution in [-0.4, -0.2) is 50.2 Å². The standard InChI is InChI=1S/C14H26N4S/c1-5-15-11(2)13-10-19-14(16-13)18(4)9-12-6-7-17(3)8-12/h10-12,15H,5-9H2,1-4H3. The Labute approximate surface area is 120 Å². The molecule has 0 amide bonds. The van der Waals surface area contributed by atoms with Gasteiger partial charge >= 0.3 is 0 Å². The van der Waals surface area contributed by atoms with Gasteiger partial charge in [0.05, 0.1) is 5.69 Å². The third-order valence-corrected chi connectivity index (χ3v) is 4.78. The Balaban J connectivity index is 1.90.